The third-order valence-corrected chi connectivity index (χ3v) is 8.39. The van der Waals surface area contributed by atoms with Crippen molar-refractivity contribution in [3.05, 3.63) is 126 Å². The van der Waals surface area contributed by atoms with E-state index in [9.17, 15) is 0 Å². The molecule has 0 bridgehead atoms. The number of furan rings is 1. The molecule has 1 aliphatic rings. The number of aryl methyl sites for hydroxylation is 1. The minimum absolute atomic E-state index is 0.782. The normalized spacial score (nSPS) is 12.2. The molecule has 0 N–H and O–H groups in total. The Labute approximate surface area is 232 Å². The molecule has 4 nitrogen and oxygen atoms in total. The fraction of sp³-hybridized carbons (Fsp3) is 0.0833. The molecular weight excluding hydrogens is 490 g/mol. The quantitative estimate of drug-likeness (QED) is 0.236. The van der Waals surface area contributed by atoms with Gasteiger partial charge in [0.25, 0.3) is 0 Å². The highest BCUT2D eigenvalue weighted by atomic mass is 16.3. The van der Waals surface area contributed by atoms with Gasteiger partial charge in [-0.3, -0.25) is 0 Å². The maximum Gasteiger partial charge on any atom is 0.136 e. The highest BCUT2D eigenvalue weighted by Crippen LogP contribution is 2.52. The van der Waals surface area contributed by atoms with Crippen LogP contribution in [0.25, 0.3) is 66.6 Å². The Hall–Kier alpha value is -5.09. The molecule has 0 fully saturated rings. The van der Waals surface area contributed by atoms with Crippen LogP contribution in [0.1, 0.15) is 22.3 Å². The second-order valence-corrected chi connectivity index (χ2v) is 10.6. The minimum atomic E-state index is 0.782. The molecule has 2 aromatic heterocycles. The number of aromatic nitrogens is 3. The zero-order valence-corrected chi connectivity index (χ0v) is 22.3. The first-order valence-electron chi connectivity index (χ1n) is 13.6. The smallest absolute Gasteiger partial charge is 0.136 e. The maximum absolute atomic E-state index is 6.50. The van der Waals surface area contributed by atoms with Gasteiger partial charge in [-0.25, -0.2) is 0 Å². The molecule has 8 rings (SSSR count). The van der Waals surface area contributed by atoms with Crippen molar-refractivity contribution in [2.75, 3.05) is 0 Å². The topological polar surface area (TPSA) is 51.8 Å². The fourth-order valence-electron chi connectivity index (χ4n) is 6.48. The van der Waals surface area contributed by atoms with E-state index in [-0.39, 0.29) is 0 Å². The Bertz CT molecular complexity index is 2090. The van der Waals surface area contributed by atoms with Gasteiger partial charge in [-0.2, -0.15) is 0 Å². The van der Waals surface area contributed by atoms with E-state index in [1.54, 1.807) is 6.20 Å². The van der Waals surface area contributed by atoms with Crippen molar-refractivity contribution in [2.45, 2.75) is 20.3 Å². The molecule has 0 spiro atoms. The average Bonchev–Trinajstić information content (AvgIpc) is 3.56. The van der Waals surface area contributed by atoms with Crippen molar-refractivity contribution < 1.29 is 4.42 Å². The second-order valence-electron chi connectivity index (χ2n) is 10.6. The Morgan fingerprint density at radius 1 is 0.675 bits per heavy atom. The van der Waals surface area contributed by atoms with Crippen LogP contribution >= 0.6 is 0 Å². The predicted octanol–water partition coefficient (Wildman–Crippen LogP) is 8.96. The van der Waals surface area contributed by atoms with E-state index in [4.69, 9.17) is 4.42 Å². The van der Waals surface area contributed by atoms with Crippen LogP contribution in [0.3, 0.4) is 0 Å². The predicted molar refractivity (Wildman–Crippen MR) is 161 cm³/mol. The first-order valence-corrected chi connectivity index (χ1v) is 13.6. The summed E-state index contributed by atoms with van der Waals surface area (Å²) in [5, 5.41) is 14.8. The number of hydrogen-bond donors (Lipinski definition) is 0. The molecular formula is C36H25N3O. The summed E-state index contributed by atoms with van der Waals surface area (Å²) in [6.45, 7) is 4.47. The van der Waals surface area contributed by atoms with Crippen LogP contribution in [0.4, 0.5) is 0 Å². The maximum atomic E-state index is 6.50. The van der Waals surface area contributed by atoms with Gasteiger partial charge in [0.1, 0.15) is 11.2 Å². The number of para-hydroxylation sites is 1. The van der Waals surface area contributed by atoms with Crippen LogP contribution < -0.4 is 0 Å². The summed E-state index contributed by atoms with van der Waals surface area (Å²) in [6.07, 6.45) is 2.61. The van der Waals surface area contributed by atoms with E-state index in [0.29, 0.717) is 0 Å². The lowest BCUT2D eigenvalue weighted by Crippen LogP contribution is -2.01. The van der Waals surface area contributed by atoms with Gasteiger partial charge >= 0.3 is 0 Å². The van der Waals surface area contributed by atoms with Gasteiger partial charge in [0.2, 0.25) is 0 Å². The molecule has 5 aromatic carbocycles. The lowest BCUT2D eigenvalue weighted by atomic mass is 9.81. The Kier molecular flexibility index (Phi) is 4.98. The van der Waals surface area contributed by atoms with Crippen molar-refractivity contribution in [2.24, 2.45) is 0 Å². The van der Waals surface area contributed by atoms with Gasteiger partial charge in [0.15, 0.2) is 0 Å². The van der Waals surface area contributed by atoms with Crippen molar-refractivity contribution >= 4 is 21.9 Å². The van der Waals surface area contributed by atoms with E-state index in [0.717, 1.165) is 56.3 Å². The Morgan fingerprint density at radius 3 is 2.33 bits per heavy atom. The summed E-state index contributed by atoms with van der Waals surface area (Å²) in [5.41, 5.74) is 16.1. The third kappa shape index (κ3) is 3.29. The van der Waals surface area contributed by atoms with E-state index in [1.165, 1.54) is 38.9 Å². The highest BCUT2D eigenvalue weighted by Gasteiger charge is 2.30. The molecule has 0 amide bonds. The second kappa shape index (κ2) is 8.72. The van der Waals surface area contributed by atoms with Crippen LogP contribution in [0, 0.1) is 13.8 Å². The van der Waals surface area contributed by atoms with Crippen LogP contribution in [0.15, 0.2) is 108 Å². The standard InChI is InChI=1S/C36H25N3O/c1-21-18-28-25-13-7-6-12-24(25)19-29(28)33(22(21)2)35-27(23-10-4-3-5-11-23)20-32-34(26-14-8-9-15-31(26)40-32)36(35)30-16-17-37-39-38-30/h3-18,20H,19H2,1-2H3. The highest BCUT2D eigenvalue weighted by molar-refractivity contribution is 6.19. The van der Waals surface area contributed by atoms with Gasteiger partial charge in [0, 0.05) is 21.9 Å². The molecule has 4 heteroatoms. The molecule has 0 atom stereocenters. The number of nitrogens with zero attached hydrogens (tertiary/aromatic N) is 3. The average molecular weight is 516 g/mol. The van der Waals surface area contributed by atoms with E-state index in [2.05, 4.69) is 108 Å². The van der Waals surface area contributed by atoms with E-state index >= 15 is 0 Å². The summed E-state index contributed by atoms with van der Waals surface area (Å²) in [5.74, 6) is 0. The van der Waals surface area contributed by atoms with E-state index in [1.807, 2.05) is 18.2 Å². The lowest BCUT2D eigenvalue weighted by Gasteiger charge is -2.22. The van der Waals surface area contributed by atoms with Crippen molar-refractivity contribution in [1.29, 1.82) is 0 Å². The third-order valence-electron chi connectivity index (χ3n) is 8.39. The SMILES string of the molecule is Cc1cc2c(c(-c3c(-c4ccccc4)cc4oc5ccccc5c4c3-c3ccnnn3)c1C)Cc1ccccc1-2. The Morgan fingerprint density at radius 2 is 1.48 bits per heavy atom. The monoisotopic (exact) mass is 515 g/mol. The first-order chi connectivity index (χ1) is 19.7. The largest absolute Gasteiger partial charge is 0.456 e. The first kappa shape index (κ1) is 22.9. The molecule has 1 aliphatic carbocycles. The van der Waals surface area contributed by atoms with E-state index < -0.39 is 0 Å². The van der Waals surface area contributed by atoms with Crippen LogP contribution in [-0.4, -0.2) is 15.4 Å². The molecule has 40 heavy (non-hydrogen) atoms. The zero-order valence-electron chi connectivity index (χ0n) is 22.3. The summed E-state index contributed by atoms with van der Waals surface area (Å²) < 4.78 is 6.50. The van der Waals surface area contributed by atoms with Gasteiger partial charge < -0.3 is 4.42 Å². The Balaban J connectivity index is 1.61. The van der Waals surface area contributed by atoms with Crippen molar-refractivity contribution in [1.82, 2.24) is 15.4 Å². The van der Waals surface area contributed by atoms with Crippen LogP contribution in [0.5, 0.6) is 0 Å². The zero-order chi connectivity index (χ0) is 26.8. The van der Waals surface area contributed by atoms with Crippen molar-refractivity contribution in [3.8, 4) is 44.6 Å². The van der Waals surface area contributed by atoms with Crippen LogP contribution in [-0.2, 0) is 6.42 Å². The molecule has 0 radical (unpaired) electrons. The summed E-state index contributed by atoms with van der Waals surface area (Å²) in [6, 6.07) is 34.2. The summed E-state index contributed by atoms with van der Waals surface area (Å²) in [4.78, 5) is 0. The minimum Gasteiger partial charge on any atom is -0.456 e. The number of rotatable bonds is 3. The van der Waals surface area contributed by atoms with Gasteiger partial charge in [-0.1, -0.05) is 78.9 Å². The van der Waals surface area contributed by atoms with Gasteiger partial charge in [0.05, 0.1) is 11.9 Å². The molecule has 0 unspecified atom stereocenters. The molecule has 0 saturated heterocycles. The van der Waals surface area contributed by atoms with Gasteiger partial charge in [-0.15, -0.1) is 10.2 Å². The number of hydrogen-bond acceptors (Lipinski definition) is 4. The van der Waals surface area contributed by atoms with Gasteiger partial charge in [-0.05, 0) is 93.8 Å². The molecule has 2 heterocycles. The number of fused-ring (bicyclic) bond motifs is 6. The molecule has 7 aromatic rings. The summed E-state index contributed by atoms with van der Waals surface area (Å²) >= 11 is 0. The lowest BCUT2D eigenvalue weighted by molar-refractivity contribution is 0.669. The summed E-state index contributed by atoms with van der Waals surface area (Å²) in [7, 11) is 0. The number of benzene rings is 5. The fourth-order valence-corrected chi connectivity index (χ4v) is 6.48. The molecule has 0 aliphatic heterocycles. The molecule has 0 saturated carbocycles. The molecule has 190 valence electrons. The van der Waals surface area contributed by atoms with Crippen molar-refractivity contribution in [3.63, 3.8) is 0 Å². The van der Waals surface area contributed by atoms with Crippen LogP contribution in [0.2, 0.25) is 0 Å².